The average Bonchev–Trinajstić information content (AvgIpc) is 2.54. The first-order valence-corrected chi connectivity index (χ1v) is 7.40. The zero-order valence-corrected chi connectivity index (χ0v) is 11.2. The summed E-state index contributed by atoms with van der Waals surface area (Å²) >= 11 is 0. The highest BCUT2D eigenvalue weighted by atomic mass is 16.5. The van der Waals surface area contributed by atoms with Crippen molar-refractivity contribution in [3.05, 3.63) is 12.3 Å². The molecule has 1 aliphatic carbocycles. The molecule has 98 valence electrons. The Labute approximate surface area is 106 Å². The maximum absolute atomic E-state index is 5.58. The van der Waals surface area contributed by atoms with Crippen molar-refractivity contribution in [3.63, 3.8) is 0 Å². The van der Waals surface area contributed by atoms with Gasteiger partial charge < -0.3 is 10.1 Å². The van der Waals surface area contributed by atoms with Gasteiger partial charge in [0.05, 0.1) is 12.9 Å². The van der Waals surface area contributed by atoms with Crippen LogP contribution in [0.15, 0.2) is 12.3 Å². The minimum atomic E-state index is 0.659. The van der Waals surface area contributed by atoms with E-state index >= 15 is 0 Å². The lowest BCUT2D eigenvalue weighted by Crippen LogP contribution is -2.40. The molecule has 0 aromatic heterocycles. The van der Waals surface area contributed by atoms with Crippen LogP contribution in [0.4, 0.5) is 0 Å². The summed E-state index contributed by atoms with van der Waals surface area (Å²) in [5, 5.41) is 3.85. The second-order valence-electron chi connectivity index (χ2n) is 5.67. The molecule has 2 nitrogen and oxygen atoms in total. The van der Waals surface area contributed by atoms with E-state index in [1.165, 1.54) is 51.4 Å². The molecule has 1 heterocycles. The van der Waals surface area contributed by atoms with E-state index in [-0.39, 0.29) is 0 Å². The van der Waals surface area contributed by atoms with Crippen LogP contribution in [0.3, 0.4) is 0 Å². The van der Waals surface area contributed by atoms with E-state index in [4.69, 9.17) is 4.74 Å². The number of hydrogen-bond donors (Lipinski definition) is 1. The predicted molar refractivity (Wildman–Crippen MR) is 71.9 cm³/mol. The lowest BCUT2D eigenvalue weighted by atomic mass is 9.93. The fraction of sp³-hybridized carbons (Fsp3) is 0.867. The highest BCUT2D eigenvalue weighted by Crippen LogP contribution is 2.25. The molecule has 2 aliphatic rings. The Morgan fingerprint density at radius 3 is 2.76 bits per heavy atom. The second-order valence-corrected chi connectivity index (χ2v) is 5.67. The van der Waals surface area contributed by atoms with E-state index < -0.39 is 0 Å². The molecule has 0 radical (unpaired) electrons. The van der Waals surface area contributed by atoms with Crippen molar-refractivity contribution < 1.29 is 4.74 Å². The van der Waals surface area contributed by atoms with E-state index in [1.807, 2.05) is 6.26 Å². The van der Waals surface area contributed by atoms with Gasteiger partial charge in [-0.2, -0.15) is 0 Å². The standard InChI is InChI=1S/C15H27NO/c1-13-7-5-6-11-17-12-10-14-8-3-2-4-9-15(14)16-13/h10,12-16H,2-9,11H2,1H3/b12-10-. The summed E-state index contributed by atoms with van der Waals surface area (Å²) in [6, 6.07) is 1.33. The first-order chi connectivity index (χ1) is 8.36. The predicted octanol–water partition coefficient (Wildman–Crippen LogP) is 3.63. The molecule has 0 spiro atoms. The first-order valence-electron chi connectivity index (χ1n) is 7.40. The second kappa shape index (κ2) is 7.05. The van der Waals surface area contributed by atoms with Gasteiger partial charge >= 0.3 is 0 Å². The van der Waals surface area contributed by atoms with Gasteiger partial charge in [0.25, 0.3) is 0 Å². The lowest BCUT2D eigenvalue weighted by molar-refractivity contribution is 0.238. The maximum atomic E-state index is 5.58. The number of fused-ring (bicyclic) bond motifs is 1. The normalized spacial score (nSPS) is 38.1. The molecular weight excluding hydrogens is 210 g/mol. The van der Waals surface area contributed by atoms with Gasteiger partial charge in [0.1, 0.15) is 0 Å². The molecule has 3 unspecified atom stereocenters. The van der Waals surface area contributed by atoms with Crippen molar-refractivity contribution >= 4 is 0 Å². The number of ether oxygens (including phenoxy) is 1. The van der Waals surface area contributed by atoms with Crippen LogP contribution in [0, 0.1) is 5.92 Å². The number of rotatable bonds is 0. The number of hydrogen-bond acceptors (Lipinski definition) is 2. The quantitative estimate of drug-likeness (QED) is 0.694. The van der Waals surface area contributed by atoms with Gasteiger partial charge in [-0.1, -0.05) is 19.3 Å². The van der Waals surface area contributed by atoms with E-state index in [2.05, 4.69) is 18.3 Å². The minimum absolute atomic E-state index is 0.659. The zero-order valence-electron chi connectivity index (χ0n) is 11.2. The molecule has 1 N–H and O–H groups in total. The molecule has 1 saturated carbocycles. The van der Waals surface area contributed by atoms with Crippen molar-refractivity contribution in [2.75, 3.05) is 6.61 Å². The Kier molecular flexibility index (Phi) is 5.37. The van der Waals surface area contributed by atoms with Crippen LogP contribution in [0.25, 0.3) is 0 Å². The van der Waals surface area contributed by atoms with E-state index in [0.29, 0.717) is 18.0 Å². The first kappa shape index (κ1) is 12.9. The van der Waals surface area contributed by atoms with E-state index in [9.17, 15) is 0 Å². The largest absolute Gasteiger partial charge is 0.502 e. The third-order valence-electron chi connectivity index (χ3n) is 4.14. The van der Waals surface area contributed by atoms with Crippen LogP contribution in [0.5, 0.6) is 0 Å². The molecule has 0 saturated heterocycles. The number of nitrogens with one attached hydrogen (secondary N) is 1. The van der Waals surface area contributed by atoms with Crippen LogP contribution in [0.1, 0.15) is 58.3 Å². The highest BCUT2D eigenvalue weighted by Gasteiger charge is 2.23. The average molecular weight is 237 g/mol. The van der Waals surface area contributed by atoms with Gasteiger partial charge in [-0.25, -0.2) is 0 Å². The SMILES string of the molecule is CC1CCCCO/C=C\C2CCCCCC2N1. The molecule has 1 fully saturated rings. The maximum Gasteiger partial charge on any atom is 0.0873 e. The monoisotopic (exact) mass is 237 g/mol. The Bertz CT molecular complexity index is 239. The molecular formula is C15H27NO. The zero-order chi connectivity index (χ0) is 11.9. The van der Waals surface area contributed by atoms with Crippen molar-refractivity contribution in [3.8, 4) is 0 Å². The van der Waals surface area contributed by atoms with E-state index in [1.54, 1.807) is 0 Å². The molecule has 0 aromatic rings. The van der Waals surface area contributed by atoms with E-state index in [0.717, 1.165) is 6.61 Å². The molecule has 17 heavy (non-hydrogen) atoms. The van der Waals surface area contributed by atoms with Crippen molar-refractivity contribution in [1.82, 2.24) is 5.32 Å². The van der Waals surface area contributed by atoms with Gasteiger partial charge in [-0.05, 0) is 51.0 Å². The van der Waals surface area contributed by atoms with Crippen molar-refractivity contribution in [1.29, 1.82) is 0 Å². The van der Waals surface area contributed by atoms with Gasteiger partial charge in [-0.15, -0.1) is 0 Å². The smallest absolute Gasteiger partial charge is 0.0873 e. The van der Waals surface area contributed by atoms with Gasteiger partial charge in [-0.3, -0.25) is 0 Å². The summed E-state index contributed by atoms with van der Waals surface area (Å²) in [6.07, 6.45) is 14.8. The lowest BCUT2D eigenvalue weighted by Gasteiger charge is -2.27. The summed E-state index contributed by atoms with van der Waals surface area (Å²) < 4.78 is 5.58. The fourth-order valence-corrected chi connectivity index (χ4v) is 3.08. The van der Waals surface area contributed by atoms with Gasteiger partial charge in [0, 0.05) is 12.1 Å². The summed E-state index contributed by atoms with van der Waals surface area (Å²) in [6.45, 7) is 3.23. The van der Waals surface area contributed by atoms with Crippen LogP contribution < -0.4 is 5.32 Å². The van der Waals surface area contributed by atoms with Gasteiger partial charge in [0.2, 0.25) is 0 Å². The van der Waals surface area contributed by atoms with Crippen LogP contribution in [0.2, 0.25) is 0 Å². The molecule has 3 atom stereocenters. The summed E-state index contributed by atoms with van der Waals surface area (Å²) in [7, 11) is 0. The van der Waals surface area contributed by atoms with Crippen molar-refractivity contribution in [2.45, 2.75) is 70.4 Å². The molecule has 1 aliphatic heterocycles. The molecule has 2 heteroatoms. The third-order valence-corrected chi connectivity index (χ3v) is 4.14. The summed E-state index contributed by atoms with van der Waals surface area (Å²) in [5.41, 5.74) is 0. The van der Waals surface area contributed by atoms with Gasteiger partial charge in [0.15, 0.2) is 0 Å². The van der Waals surface area contributed by atoms with Crippen LogP contribution >= 0.6 is 0 Å². The van der Waals surface area contributed by atoms with Crippen LogP contribution in [-0.2, 0) is 4.74 Å². The summed E-state index contributed by atoms with van der Waals surface area (Å²) in [5.74, 6) is 0.679. The molecule has 0 amide bonds. The molecule has 0 aromatic carbocycles. The molecule has 2 rings (SSSR count). The topological polar surface area (TPSA) is 21.3 Å². The minimum Gasteiger partial charge on any atom is -0.502 e. The summed E-state index contributed by atoms with van der Waals surface area (Å²) in [4.78, 5) is 0. The Morgan fingerprint density at radius 1 is 1.00 bits per heavy atom. The fourth-order valence-electron chi connectivity index (χ4n) is 3.08. The Hall–Kier alpha value is -0.500. The Balaban J connectivity index is 2.00. The van der Waals surface area contributed by atoms with Crippen LogP contribution in [-0.4, -0.2) is 18.7 Å². The van der Waals surface area contributed by atoms with Crippen molar-refractivity contribution in [2.24, 2.45) is 5.92 Å². The molecule has 0 bridgehead atoms. The highest BCUT2D eigenvalue weighted by molar-refractivity contribution is 4.93. The Morgan fingerprint density at radius 2 is 1.82 bits per heavy atom. The third kappa shape index (κ3) is 4.34.